The van der Waals surface area contributed by atoms with E-state index in [0.717, 1.165) is 0 Å². The molecule has 0 radical (unpaired) electrons. The molecule has 2 N–H and O–H groups in total. The molecule has 0 fully saturated rings. The number of nitrogens with zero attached hydrogens (tertiary/aromatic N) is 2. The van der Waals surface area contributed by atoms with E-state index in [4.69, 9.17) is 10.00 Å². The van der Waals surface area contributed by atoms with Crippen LogP contribution in [0.25, 0.3) is 0 Å². The maximum atomic E-state index is 12.5. The van der Waals surface area contributed by atoms with E-state index in [0.29, 0.717) is 5.69 Å². The number of nitrogens with one attached hydrogen (secondary N) is 2. The fraction of sp³-hybridized carbons (Fsp3) is 0.190. The smallest absolute Gasteiger partial charge is 0.338 e. The molecule has 0 atom stereocenters. The van der Waals surface area contributed by atoms with Crippen LogP contribution in [0.5, 0.6) is 0 Å². The van der Waals surface area contributed by atoms with E-state index >= 15 is 0 Å². The lowest BCUT2D eigenvalue weighted by atomic mass is 10.1. The van der Waals surface area contributed by atoms with Crippen LogP contribution in [-0.2, 0) is 19.1 Å². The molecule has 154 valence electrons. The normalized spacial score (nSPS) is 9.77. The van der Waals surface area contributed by atoms with Gasteiger partial charge >= 0.3 is 5.97 Å². The maximum absolute atomic E-state index is 12.5. The quantitative estimate of drug-likeness (QED) is 0.534. The number of hydrogen-bond donors (Lipinski definition) is 2. The van der Waals surface area contributed by atoms with Gasteiger partial charge in [0, 0.05) is 30.9 Å². The first-order valence-electron chi connectivity index (χ1n) is 8.90. The maximum Gasteiger partial charge on any atom is 0.338 e. The van der Waals surface area contributed by atoms with E-state index < -0.39 is 18.5 Å². The minimum Gasteiger partial charge on any atom is -0.452 e. The molecule has 0 aliphatic rings. The average molecular weight is 408 g/mol. The van der Waals surface area contributed by atoms with Gasteiger partial charge in [0.1, 0.15) is 6.54 Å². The Morgan fingerprint density at radius 3 is 2.03 bits per heavy atom. The van der Waals surface area contributed by atoms with Gasteiger partial charge in [0.05, 0.1) is 11.6 Å². The van der Waals surface area contributed by atoms with Crippen molar-refractivity contribution < 1.29 is 23.9 Å². The van der Waals surface area contributed by atoms with Gasteiger partial charge in [-0.25, -0.2) is 4.79 Å². The van der Waals surface area contributed by atoms with Crippen molar-refractivity contribution in [3.8, 4) is 6.07 Å². The summed E-state index contributed by atoms with van der Waals surface area (Å²) in [6.45, 7) is 1.81. The lowest BCUT2D eigenvalue weighted by Gasteiger charge is -2.19. The summed E-state index contributed by atoms with van der Waals surface area (Å²) in [4.78, 5) is 48.8. The number of carbonyl (C=O) groups is 4. The van der Waals surface area contributed by atoms with Crippen LogP contribution < -0.4 is 15.5 Å². The van der Waals surface area contributed by atoms with Crippen molar-refractivity contribution in [3.05, 3.63) is 54.1 Å². The molecule has 0 heterocycles. The molecule has 0 aliphatic heterocycles. The lowest BCUT2D eigenvalue weighted by Crippen LogP contribution is -2.35. The Hall–Kier alpha value is -4.19. The van der Waals surface area contributed by atoms with Gasteiger partial charge < -0.3 is 15.4 Å². The summed E-state index contributed by atoms with van der Waals surface area (Å²) >= 11 is 0. The van der Waals surface area contributed by atoms with Crippen LogP contribution in [0.15, 0.2) is 48.5 Å². The SMILES string of the molecule is CC(=O)Nc1cc(NC(C)=O)cc(C(=O)OCC(=O)N(CC#N)c2ccccc2)c1. The number of rotatable bonds is 7. The minimum absolute atomic E-state index is 0.0318. The van der Waals surface area contributed by atoms with E-state index in [-0.39, 0.29) is 35.3 Å². The first kappa shape index (κ1) is 22.1. The number of benzene rings is 2. The first-order valence-corrected chi connectivity index (χ1v) is 8.90. The fourth-order valence-corrected chi connectivity index (χ4v) is 2.59. The summed E-state index contributed by atoms with van der Waals surface area (Å²) in [5.41, 5.74) is 1.09. The zero-order valence-electron chi connectivity index (χ0n) is 16.5. The number of anilines is 3. The molecule has 2 aromatic rings. The molecule has 2 aromatic carbocycles. The molecule has 9 nitrogen and oxygen atoms in total. The summed E-state index contributed by atoms with van der Waals surface area (Å²) in [6.07, 6.45) is 0. The van der Waals surface area contributed by atoms with Crippen LogP contribution in [0.2, 0.25) is 0 Å². The molecule has 9 heteroatoms. The van der Waals surface area contributed by atoms with E-state index in [1.807, 2.05) is 6.07 Å². The standard InChI is InChI=1S/C21H20N4O5/c1-14(26)23-17-10-16(11-18(12-17)24-15(2)27)21(29)30-13-20(28)25(9-8-22)19-6-4-3-5-7-19/h3-7,10-12H,9,13H2,1-2H3,(H,23,26)(H,24,27). The summed E-state index contributed by atoms with van der Waals surface area (Å²) in [7, 11) is 0. The predicted molar refractivity (Wildman–Crippen MR) is 110 cm³/mol. The van der Waals surface area contributed by atoms with Crippen molar-refractivity contribution in [2.24, 2.45) is 0 Å². The van der Waals surface area contributed by atoms with E-state index in [1.165, 1.54) is 36.9 Å². The highest BCUT2D eigenvalue weighted by atomic mass is 16.5. The van der Waals surface area contributed by atoms with E-state index in [1.54, 1.807) is 30.3 Å². The average Bonchev–Trinajstić information content (AvgIpc) is 2.69. The molecule has 0 aliphatic carbocycles. The highest BCUT2D eigenvalue weighted by Gasteiger charge is 2.19. The molecule has 0 spiro atoms. The Bertz CT molecular complexity index is 964. The van der Waals surface area contributed by atoms with Crippen molar-refractivity contribution in [2.75, 3.05) is 28.7 Å². The zero-order chi connectivity index (χ0) is 22.1. The fourth-order valence-electron chi connectivity index (χ4n) is 2.59. The molecule has 0 saturated carbocycles. The lowest BCUT2D eigenvalue weighted by molar-refractivity contribution is -0.121. The third kappa shape index (κ3) is 6.45. The molecule has 0 unspecified atom stereocenters. The van der Waals surface area contributed by atoms with Crippen molar-refractivity contribution in [2.45, 2.75) is 13.8 Å². The van der Waals surface area contributed by atoms with Gasteiger partial charge in [0.2, 0.25) is 11.8 Å². The topological polar surface area (TPSA) is 129 Å². The third-order valence-electron chi connectivity index (χ3n) is 3.73. The van der Waals surface area contributed by atoms with Gasteiger partial charge in [-0.2, -0.15) is 5.26 Å². The van der Waals surface area contributed by atoms with Gasteiger partial charge in [-0.3, -0.25) is 19.3 Å². The van der Waals surface area contributed by atoms with Crippen LogP contribution in [0, 0.1) is 11.3 Å². The van der Waals surface area contributed by atoms with E-state index in [2.05, 4.69) is 10.6 Å². The molecule has 0 aromatic heterocycles. The highest BCUT2D eigenvalue weighted by molar-refractivity contribution is 6.00. The number of carbonyl (C=O) groups excluding carboxylic acids is 4. The van der Waals surface area contributed by atoms with Crippen LogP contribution in [0.4, 0.5) is 17.1 Å². The van der Waals surface area contributed by atoms with Crippen LogP contribution >= 0.6 is 0 Å². The minimum atomic E-state index is -0.827. The Labute approximate surface area is 173 Å². The Morgan fingerprint density at radius 2 is 1.53 bits per heavy atom. The van der Waals surface area contributed by atoms with Crippen molar-refractivity contribution in [1.29, 1.82) is 5.26 Å². The first-order chi connectivity index (χ1) is 14.3. The van der Waals surface area contributed by atoms with Crippen molar-refractivity contribution in [3.63, 3.8) is 0 Å². The van der Waals surface area contributed by atoms with E-state index in [9.17, 15) is 19.2 Å². The van der Waals surface area contributed by atoms with Crippen LogP contribution in [0.1, 0.15) is 24.2 Å². The Balaban J connectivity index is 2.16. The van der Waals surface area contributed by atoms with Gasteiger partial charge in [-0.05, 0) is 30.3 Å². The van der Waals surface area contributed by atoms with Gasteiger partial charge in [0.15, 0.2) is 6.61 Å². The molecule has 2 rings (SSSR count). The van der Waals surface area contributed by atoms with Gasteiger partial charge in [-0.1, -0.05) is 18.2 Å². The Kier molecular flexibility index (Phi) is 7.65. The number of para-hydroxylation sites is 1. The number of hydrogen-bond acceptors (Lipinski definition) is 6. The number of ether oxygens (including phenoxy) is 1. The molecular formula is C21H20N4O5. The summed E-state index contributed by atoms with van der Waals surface area (Å²) in [6, 6.07) is 14.6. The molecule has 30 heavy (non-hydrogen) atoms. The Morgan fingerprint density at radius 1 is 0.967 bits per heavy atom. The zero-order valence-corrected chi connectivity index (χ0v) is 16.5. The van der Waals surface area contributed by atoms with Gasteiger partial charge in [-0.15, -0.1) is 0 Å². The molecule has 0 saturated heterocycles. The molecular weight excluding hydrogens is 388 g/mol. The van der Waals surface area contributed by atoms with Gasteiger partial charge in [0.25, 0.3) is 5.91 Å². The van der Waals surface area contributed by atoms with Crippen molar-refractivity contribution in [1.82, 2.24) is 0 Å². The van der Waals surface area contributed by atoms with Crippen LogP contribution in [-0.4, -0.2) is 36.8 Å². The van der Waals surface area contributed by atoms with Crippen LogP contribution in [0.3, 0.4) is 0 Å². The number of nitriles is 1. The molecule has 0 bridgehead atoms. The summed E-state index contributed by atoms with van der Waals surface area (Å²) in [5, 5.41) is 14.0. The highest BCUT2D eigenvalue weighted by Crippen LogP contribution is 2.20. The number of amides is 3. The summed E-state index contributed by atoms with van der Waals surface area (Å²) < 4.78 is 5.09. The summed E-state index contributed by atoms with van der Waals surface area (Å²) in [5.74, 6) is -2.12. The molecule has 3 amide bonds. The third-order valence-corrected chi connectivity index (χ3v) is 3.73. The largest absolute Gasteiger partial charge is 0.452 e. The number of esters is 1. The van der Waals surface area contributed by atoms with Crippen molar-refractivity contribution >= 4 is 40.8 Å². The second kappa shape index (κ2) is 10.4. The predicted octanol–water partition coefficient (Wildman–Crippen LogP) is 2.32. The monoisotopic (exact) mass is 408 g/mol. The second-order valence-electron chi connectivity index (χ2n) is 6.21. The second-order valence-corrected chi connectivity index (χ2v) is 6.21.